The number of aryl methyl sites for hydroxylation is 1. The molecular formula is C22H25N3O5. The second kappa shape index (κ2) is 10.1. The molecule has 30 heavy (non-hydrogen) atoms. The normalized spacial score (nSPS) is 11.9. The summed E-state index contributed by atoms with van der Waals surface area (Å²) in [6, 6.07) is 7.30. The first kappa shape index (κ1) is 21.6. The van der Waals surface area contributed by atoms with Crippen LogP contribution >= 0.6 is 0 Å². The molecule has 0 amide bonds. The molecule has 8 heteroatoms. The number of hydrogen-bond donors (Lipinski definition) is 3. The summed E-state index contributed by atoms with van der Waals surface area (Å²) in [7, 11) is 0. The third kappa shape index (κ3) is 5.48. The van der Waals surface area contributed by atoms with E-state index in [0.717, 1.165) is 11.1 Å². The highest BCUT2D eigenvalue weighted by Gasteiger charge is 2.11. The number of imidazole rings is 1. The smallest absolute Gasteiger partial charge is 0.210 e. The molecular weight excluding hydrogens is 386 g/mol. The molecule has 8 nitrogen and oxygen atoms in total. The Bertz CT molecular complexity index is 1020. The lowest BCUT2D eigenvalue weighted by atomic mass is 10.1. The first-order valence-electron chi connectivity index (χ1n) is 9.62. The zero-order valence-corrected chi connectivity index (χ0v) is 16.9. The molecule has 0 aliphatic heterocycles. The van der Waals surface area contributed by atoms with Crippen molar-refractivity contribution in [1.82, 2.24) is 14.7 Å². The zero-order valence-electron chi connectivity index (χ0n) is 16.9. The Kier molecular flexibility index (Phi) is 7.25. The first-order valence-corrected chi connectivity index (χ1v) is 9.62. The Morgan fingerprint density at radius 3 is 2.70 bits per heavy atom. The quantitative estimate of drug-likeness (QED) is 0.483. The molecule has 0 aliphatic carbocycles. The van der Waals surface area contributed by atoms with Crippen molar-refractivity contribution < 1.29 is 24.6 Å². The van der Waals surface area contributed by atoms with Crippen LogP contribution in [0, 0.1) is 24.7 Å². The van der Waals surface area contributed by atoms with Gasteiger partial charge < -0.3 is 29.1 Å². The van der Waals surface area contributed by atoms with Crippen LogP contribution in [0.25, 0.3) is 0 Å². The number of aromatic nitrogens is 3. The Morgan fingerprint density at radius 1 is 1.20 bits per heavy atom. The SMILES string of the molecule is Cc1cc(C#Cc2cc(Cn3ccnc3[C@H](C)O)no2)ccc1OCC(CO)CO. The van der Waals surface area contributed by atoms with Crippen LogP contribution in [0.4, 0.5) is 0 Å². The molecule has 3 rings (SSSR count). The highest BCUT2D eigenvalue weighted by Crippen LogP contribution is 2.20. The van der Waals surface area contributed by atoms with Gasteiger partial charge in [0.2, 0.25) is 5.76 Å². The summed E-state index contributed by atoms with van der Waals surface area (Å²) >= 11 is 0. The summed E-state index contributed by atoms with van der Waals surface area (Å²) in [6.45, 7) is 3.99. The number of hydrogen-bond acceptors (Lipinski definition) is 7. The molecule has 0 radical (unpaired) electrons. The fourth-order valence-electron chi connectivity index (χ4n) is 2.84. The molecule has 1 atom stereocenters. The number of aliphatic hydroxyl groups excluding tert-OH is 3. The van der Waals surface area contributed by atoms with Gasteiger partial charge in [-0.25, -0.2) is 4.98 Å². The molecule has 3 N–H and O–H groups in total. The van der Waals surface area contributed by atoms with Gasteiger partial charge >= 0.3 is 0 Å². The third-order valence-corrected chi connectivity index (χ3v) is 4.51. The summed E-state index contributed by atoms with van der Waals surface area (Å²) in [4.78, 5) is 4.13. The maximum absolute atomic E-state index is 9.73. The Labute approximate surface area is 174 Å². The van der Waals surface area contributed by atoms with E-state index in [0.29, 0.717) is 29.6 Å². The lowest BCUT2D eigenvalue weighted by Gasteiger charge is -2.14. The molecule has 3 aromatic rings. The van der Waals surface area contributed by atoms with E-state index in [1.165, 1.54) is 0 Å². The van der Waals surface area contributed by atoms with Crippen molar-refractivity contribution in [3.05, 3.63) is 65.1 Å². The largest absolute Gasteiger partial charge is 0.493 e. The minimum atomic E-state index is -0.667. The molecule has 2 heterocycles. The van der Waals surface area contributed by atoms with E-state index in [2.05, 4.69) is 22.0 Å². The predicted octanol–water partition coefficient (Wildman–Crippen LogP) is 1.66. The minimum absolute atomic E-state index is 0.126. The van der Waals surface area contributed by atoms with Crippen molar-refractivity contribution in [1.29, 1.82) is 0 Å². The van der Waals surface area contributed by atoms with Gasteiger partial charge in [-0.05, 0) is 43.5 Å². The molecule has 0 aliphatic rings. The van der Waals surface area contributed by atoms with E-state index in [1.807, 2.05) is 25.1 Å². The van der Waals surface area contributed by atoms with Crippen molar-refractivity contribution in [2.75, 3.05) is 19.8 Å². The van der Waals surface area contributed by atoms with Gasteiger partial charge in [-0.1, -0.05) is 11.1 Å². The standard InChI is InChI=1S/C22H25N3O5/c1-15-9-17(4-6-21(15)29-14-18(12-26)13-27)3-5-20-10-19(24-30-20)11-25-8-7-23-22(25)16(2)28/h4,6-10,16,18,26-28H,11-14H2,1-2H3/t16-/m0/s1. The molecule has 0 bridgehead atoms. The van der Waals surface area contributed by atoms with Crippen LogP contribution in [0.5, 0.6) is 5.75 Å². The van der Waals surface area contributed by atoms with Gasteiger partial charge in [0.1, 0.15) is 23.4 Å². The molecule has 0 unspecified atom stereocenters. The summed E-state index contributed by atoms with van der Waals surface area (Å²) in [5.74, 6) is 7.38. The number of benzene rings is 1. The van der Waals surface area contributed by atoms with Crippen LogP contribution in [0.1, 0.15) is 41.4 Å². The first-order chi connectivity index (χ1) is 14.5. The number of aliphatic hydroxyl groups is 3. The molecule has 0 fully saturated rings. The van der Waals surface area contributed by atoms with Crippen molar-refractivity contribution in [2.24, 2.45) is 5.92 Å². The lowest BCUT2D eigenvalue weighted by molar-refractivity contribution is 0.106. The van der Waals surface area contributed by atoms with E-state index in [4.69, 9.17) is 19.5 Å². The van der Waals surface area contributed by atoms with E-state index in [1.54, 1.807) is 30.0 Å². The minimum Gasteiger partial charge on any atom is -0.493 e. The highest BCUT2D eigenvalue weighted by molar-refractivity contribution is 5.45. The molecule has 2 aromatic heterocycles. The molecule has 0 saturated carbocycles. The van der Waals surface area contributed by atoms with Gasteiger partial charge in [-0.15, -0.1) is 0 Å². The Morgan fingerprint density at radius 2 is 2.00 bits per heavy atom. The predicted molar refractivity (Wildman–Crippen MR) is 109 cm³/mol. The molecule has 158 valence electrons. The number of ether oxygens (including phenoxy) is 1. The second-order valence-electron chi connectivity index (χ2n) is 7.04. The van der Waals surface area contributed by atoms with Crippen LogP contribution in [0.2, 0.25) is 0 Å². The van der Waals surface area contributed by atoms with E-state index < -0.39 is 6.10 Å². The van der Waals surface area contributed by atoms with Gasteiger partial charge in [0.15, 0.2) is 0 Å². The fraction of sp³-hybridized carbons (Fsp3) is 0.364. The Balaban J connectivity index is 1.65. The highest BCUT2D eigenvalue weighted by atomic mass is 16.5. The number of nitrogens with zero attached hydrogens (tertiary/aromatic N) is 3. The maximum Gasteiger partial charge on any atom is 0.210 e. The van der Waals surface area contributed by atoms with Gasteiger partial charge in [0, 0.05) is 29.9 Å². The van der Waals surface area contributed by atoms with Crippen LogP contribution < -0.4 is 4.74 Å². The van der Waals surface area contributed by atoms with E-state index in [9.17, 15) is 5.11 Å². The number of rotatable bonds is 8. The van der Waals surface area contributed by atoms with Crippen LogP contribution in [-0.4, -0.2) is 49.8 Å². The van der Waals surface area contributed by atoms with Gasteiger partial charge in [0.25, 0.3) is 0 Å². The zero-order chi connectivity index (χ0) is 21.5. The monoisotopic (exact) mass is 411 g/mol. The Hall–Kier alpha value is -3.12. The van der Waals surface area contributed by atoms with Crippen molar-refractivity contribution in [3.8, 4) is 17.6 Å². The second-order valence-corrected chi connectivity index (χ2v) is 7.04. The topological polar surface area (TPSA) is 114 Å². The van der Waals surface area contributed by atoms with Gasteiger partial charge in [-0.3, -0.25) is 0 Å². The summed E-state index contributed by atoms with van der Waals surface area (Å²) < 4.78 is 12.7. The van der Waals surface area contributed by atoms with Crippen LogP contribution in [-0.2, 0) is 6.54 Å². The lowest BCUT2D eigenvalue weighted by Crippen LogP contribution is -2.19. The van der Waals surface area contributed by atoms with E-state index in [-0.39, 0.29) is 25.7 Å². The van der Waals surface area contributed by atoms with Crippen molar-refractivity contribution >= 4 is 0 Å². The maximum atomic E-state index is 9.73. The summed E-state index contributed by atoms with van der Waals surface area (Å²) in [5, 5.41) is 32.0. The summed E-state index contributed by atoms with van der Waals surface area (Å²) in [5.41, 5.74) is 2.38. The van der Waals surface area contributed by atoms with Crippen LogP contribution in [0.15, 0.2) is 41.2 Å². The van der Waals surface area contributed by atoms with E-state index >= 15 is 0 Å². The summed E-state index contributed by atoms with van der Waals surface area (Å²) in [6.07, 6.45) is 2.74. The average molecular weight is 411 g/mol. The van der Waals surface area contributed by atoms with Crippen molar-refractivity contribution in [2.45, 2.75) is 26.5 Å². The average Bonchev–Trinajstić information content (AvgIpc) is 3.38. The molecule has 0 saturated heterocycles. The molecule has 0 spiro atoms. The third-order valence-electron chi connectivity index (χ3n) is 4.51. The van der Waals surface area contributed by atoms with Crippen molar-refractivity contribution in [3.63, 3.8) is 0 Å². The van der Waals surface area contributed by atoms with Gasteiger partial charge in [0.05, 0.1) is 26.4 Å². The van der Waals surface area contributed by atoms with Gasteiger partial charge in [-0.2, -0.15) is 0 Å². The molecule has 1 aromatic carbocycles. The fourth-order valence-corrected chi connectivity index (χ4v) is 2.84. The van der Waals surface area contributed by atoms with Crippen LogP contribution in [0.3, 0.4) is 0 Å².